The van der Waals surface area contributed by atoms with E-state index in [1.165, 1.54) is 17.9 Å². The van der Waals surface area contributed by atoms with Crippen molar-refractivity contribution in [2.45, 2.75) is 13.0 Å². The van der Waals surface area contributed by atoms with Gasteiger partial charge < -0.3 is 10.3 Å². The van der Waals surface area contributed by atoms with Gasteiger partial charge in [-0.05, 0) is 42.5 Å². The Labute approximate surface area is 105 Å². The highest BCUT2D eigenvalue weighted by molar-refractivity contribution is 7.99. The highest BCUT2D eigenvalue weighted by Gasteiger charge is 2.14. The first-order valence-corrected chi connectivity index (χ1v) is 7.29. The van der Waals surface area contributed by atoms with Crippen LogP contribution in [0, 0.1) is 5.92 Å². The van der Waals surface area contributed by atoms with Gasteiger partial charge in [0, 0.05) is 0 Å². The van der Waals surface area contributed by atoms with E-state index in [2.05, 4.69) is 33.1 Å². The second-order valence-corrected chi connectivity index (χ2v) is 5.71. The number of hydrogen-bond acceptors (Lipinski definition) is 3. The summed E-state index contributed by atoms with van der Waals surface area (Å²) in [5.74, 6) is 4.53. The molecule has 2 aromatic rings. The zero-order chi connectivity index (χ0) is 11.5. The van der Waals surface area contributed by atoms with Crippen molar-refractivity contribution >= 4 is 22.8 Å². The molecule has 0 radical (unpaired) electrons. The summed E-state index contributed by atoms with van der Waals surface area (Å²) in [4.78, 5) is 7.90. The Morgan fingerprint density at radius 1 is 1.41 bits per heavy atom. The fourth-order valence-electron chi connectivity index (χ4n) is 2.23. The molecule has 3 nitrogen and oxygen atoms in total. The Bertz CT molecular complexity index is 455. The van der Waals surface area contributed by atoms with Crippen LogP contribution < -0.4 is 5.32 Å². The van der Waals surface area contributed by atoms with E-state index >= 15 is 0 Å². The van der Waals surface area contributed by atoms with Crippen molar-refractivity contribution in [2.24, 2.45) is 5.92 Å². The first-order chi connectivity index (χ1) is 8.42. The molecule has 0 spiro atoms. The summed E-state index contributed by atoms with van der Waals surface area (Å²) in [7, 11) is 0. The number of fused-ring (bicyclic) bond motifs is 1. The maximum absolute atomic E-state index is 4.55. The number of imidazole rings is 1. The average molecular weight is 247 g/mol. The van der Waals surface area contributed by atoms with Gasteiger partial charge in [0.05, 0.1) is 17.6 Å². The summed E-state index contributed by atoms with van der Waals surface area (Å²) in [6.45, 7) is 1.96. The molecule has 1 fully saturated rings. The van der Waals surface area contributed by atoms with Crippen LogP contribution in [0.25, 0.3) is 11.0 Å². The monoisotopic (exact) mass is 247 g/mol. The molecule has 1 saturated heterocycles. The van der Waals surface area contributed by atoms with E-state index in [4.69, 9.17) is 0 Å². The normalized spacial score (nSPS) is 20.1. The Hall–Kier alpha value is -1.00. The minimum Gasteiger partial charge on any atom is -0.341 e. The van der Waals surface area contributed by atoms with Gasteiger partial charge in [-0.3, -0.25) is 0 Å². The first-order valence-electron chi connectivity index (χ1n) is 6.14. The minimum atomic E-state index is 0.843. The summed E-state index contributed by atoms with van der Waals surface area (Å²) in [6, 6.07) is 8.17. The van der Waals surface area contributed by atoms with E-state index < -0.39 is 0 Å². The lowest BCUT2D eigenvalue weighted by Crippen LogP contribution is -2.22. The molecule has 4 heteroatoms. The van der Waals surface area contributed by atoms with Crippen molar-refractivity contribution in [1.29, 1.82) is 0 Å². The lowest BCUT2D eigenvalue weighted by atomic mass is 10.1. The first kappa shape index (κ1) is 11.1. The van der Waals surface area contributed by atoms with Gasteiger partial charge in [0.2, 0.25) is 0 Å². The number of para-hydroxylation sites is 2. The molecular formula is C13H17N3S. The van der Waals surface area contributed by atoms with Crippen LogP contribution >= 0.6 is 11.8 Å². The van der Waals surface area contributed by atoms with Gasteiger partial charge in [0.25, 0.3) is 0 Å². The Morgan fingerprint density at radius 2 is 2.35 bits per heavy atom. The van der Waals surface area contributed by atoms with Crippen LogP contribution in [0.5, 0.6) is 0 Å². The standard InChI is InChI=1S/C13H17N3S/c1-2-4-12-11(3-1)15-13(16-12)8-14-7-10-5-6-17-9-10/h1-4,10,14H,5-9H2,(H,15,16). The molecule has 2 heterocycles. The molecule has 1 aliphatic rings. The zero-order valence-electron chi connectivity index (χ0n) is 9.78. The van der Waals surface area contributed by atoms with Gasteiger partial charge in [-0.1, -0.05) is 12.1 Å². The van der Waals surface area contributed by atoms with Crippen LogP contribution in [-0.2, 0) is 6.54 Å². The molecule has 0 bridgehead atoms. The SMILES string of the molecule is c1ccc2[nH]c(CNCC3CCSC3)nc2c1. The summed E-state index contributed by atoms with van der Waals surface area (Å²) in [5.41, 5.74) is 2.18. The molecule has 3 rings (SSSR count). The third-order valence-corrected chi connectivity index (χ3v) is 4.42. The van der Waals surface area contributed by atoms with E-state index in [1.54, 1.807) is 0 Å². The molecule has 2 N–H and O–H groups in total. The smallest absolute Gasteiger partial charge is 0.121 e. The number of aromatic amines is 1. The molecule has 0 amide bonds. The van der Waals surface area contributed by atoms with Crippen molar-refractivity contribution in [3.05, 3.63) is 30.1 Å². The number of thioether (sulfide) groups is 1. The third kappa shape index (κ3) is 2.64. The zero-order valence-corrected chi connectivity index (χ0v) is 10.6. The van der Waals surface area contributed by atoms with Gasteiger partial charge >= 0.3 is 0 Å². The van der Waals surface area contributed by atoms with Crippen molar-refractivity contribution in [2.75, 3.05) is 18.1 Å². The average Bonchev–Trinajstić information content (AvgIpc) is 2.96. The predicted molar refractivity (Wildman–Crippen MR) is 73.2 cm³/mol. The van der Waals surface area contributed by atoms with Crippen molar-refractivity contribution in [3.63, 3.8) is 0 Å². The molecular weight excluding hydrogens is 230 g/mol. The number of H-pyrrole nitrogens is 1. The summed E-state index contributed by atoms with van der Waals surface area (Å²) in [6.07, 6.45) is 1.36. The van der Waals surface area contributed by atoms with Gasteiger partial charge in [-0.25, -0.2) is 4.98 Å². The number of hydrogen-bond donors (Lipinski definition) is 2. The number of nitrogens with one attached hydrogen (secondary N) is 2. The molecule has 1 aromatic heterocycles. The number of aromatic nitrogens is 2. The predicted octanol–water partition coefficient (Wildman–Crippen LogP) is 2.41. The van der Waals surface area contributed by atoms with Gasteiger partial charge in [0.15, 0.2) is 0 Å². The molecule has 90 valence electrons. The van der Waals surface area contributed by atoms with Gasteiger partial charge in [-0.15, -0.1) is 0 Å². The quantitative estimate of drug-likeness (QED) is 0.871. The van der Waals surface area contributed by atoms with E-state index in [9.17, 15) is 0 Å². The van der Waals surface area contributed by atoms with Crippen molar-refractivity contribution in [1.82, 2.24) is 15.3 Å². The molecule has 0 aliphatic carbocycles. The lowest BCUT2D eigenvalue weighted by molar-refractivity contribution is 0.518. The lowest BCUT2D eigenvalue weighted by Gasteiger charge is -2.08. The van der Waals surface area contributed by atoms with E-state index in [0.29, 0.717) is 0 Å². The van der Waals surface area contributed by atoms with Crippen LogP contribution in [0.3, 0.4) is 0 Å². The fraction of sp³-hybridized carbons (Fsp3) is 0.462. The number of rotatable bonds is 4. The topological polar surface area (TPSA) is 40.7 Å². The Kier molecular flexibility index (Phi) is 3.34. The van der Waals surface area contributed by atoms with E-state index in [-0.39, 0.29) is 0 Å². The van der Waals surface area contributed by atoms with Crippen LogP contribution in [0.15, 0.2) is 24.3 Å². The molecule has 1 unspecified atom stereocenters. The van der Waals surface area contributed by atoms with Crippen LogP contribution in [0.4, 0.5) is 0 Å². The molecule has 17 heavy (non-hydrogen) atoms. The van der Waals surface area contributed by atoms with E-state index in [0.717, 1.165) is 35.9 Å². The summed E-state index contributed by atoms with van der Waals surface area (Å²) >= 11 is 2.07. The largest absolute Gasteiger partial charge is 0.341 e. The van der Waals surface area contributed by atoms with E-state index in [1.807, 2.05) is 18.2 Å². The van der Waals surface area contributed by atoms with Gasteiger partial charge in [-0.2, -0.15) is 11.8 Å². The van der Waals surface area contributed by atoms with Crippen LogP contribution in [0.1, 0.15) is 12.2 Å². The van der Waals surface area contributed by atoms with Crippen LogP contribution in [0.2, 0.25) is 0 Å². The second-order valence-electron chi connectivity index (χ2n) is 4.56. The number of benzene rings is 1. The highest BCUT2D eigenvalue weighted by atomic mass is 32.2. The molecule has 1 aromatic carbocycles. The maximum atomic E-state index is 4.55. The minimum absolute atomic E-state index is 0.843. The van der Waals surface area contributed by atoms with Gasteiger partial charge in [0.1, 0.15) is 5.82 Å². The maximum Gasteiger partial charge on any atom is 0.121 e. The van der Waals surface area contributed by atoms with Crippen molar-refractivity contribution < 1.29 is 0 Å². The Balaban J connectivity index is 1.57. The fourth-order valence-corrected chi connectivity index (χ4v) is 3.51. The molecule has 1 atom stereocenters. The second kappa shape index (κ2) is 5.10. The summed E-state index contributed by atoms with van der Waals surface area (Å²) < 4.78 is 0. The Morgan fingerprint density at radius 3 is 3.18 bits per heavy atom. The molecule has 1 aliphatic heterocycles. The highest BCUT2D eigenvalue weighted by Crippen LogP contribution is 2.22. The third-order valence-electron chi connectivity index (χ3n) is 3.19. The summed E-state index contributed by atoms with van der Waals surface area (Å²) in [5, 5.41) is 3.50. The number of nitrogens with zero attached hydrogens (tertiary/aromatic N) is 1. The van der Waals surface area contributed by atoms with Crippen LogP contribution in [-0.4, -0.2) is 28.0 Å². The molecule has 0 saturated carbocycles. The van der Waals surface area contributed by atoms with Crippen molar-refractivity contribution in [3.8, 4) is 0 Å².